The van der Waals surface area contributed by atoms with Crippen molar-refractivity contribution in [3.63, 3.8) is 0 Å². The lowest BCUT2D eigenvalue weighted by atomic mass is 9.99. The zero-order valence-corrected chi connectivity index (χ0v) is 13.4. The average molecular weight is 356 g/mol. The van der Waals surface area contributed by atoms with Gasteiger partial charge in [0, 0.05) is 4.47 Å². The van der Waals surface area contributed by atoms with Gasteiger partial charge in [0.2, 0.25) is 0 Å². The highest BCUT2D eigenvalue weighted by molar-refractivity contribution is 9.10. The van der Waals surface area contributed by atoms with Crippen molar-refractivity contribution < 1.29 is 4.74 Å². The molecular formula is C15H16BrClN2O. The normalized spacial score (nSPS) is 12.2. The van der Waals surface area contributed by atoms with Crippen molar-refractivity contribution >= 4 is 27.5 Å². The Hall–Kier alpha value is -1.07. The lowest BCUT2D eigenvalue weighted by Crippen LogP contribution is -2.29. The molecule has 1 unspecified atom stereocenters. The Labute approximate surface area is 132 Å². The van der Waals surface area contributed by atoms with Crippen LogP contribution in [0.5, 0.6) is 5.75 Å². The first-order valence-corrected chi connectivity index (χ1v) is 7.35. The zero-order chi connectivity index (χ0) is 14.5. The van der Waals surface area contributed by atoms with E-state index in [9.17, 15) is 0 Å². The van der Waals surface area contributed by atoms with E-state index in [2.05, 4.69) is 33.5 Å². The van der Waals surface area contributed by atoms with Crippen LogP contribution in [0.15, 0.2) is 46.9 Å². The van der Waals surface area contributed by atoms with Crippen molar-refractivity contribution in [3.8, 4) is 5.75 Å². The van der Waals surface area contributed by atoms with Gasteiger partial charge < -0.3 is 4.74 Å². The maximum absolute atomic E-state index is 6.04. The minimum atomic E-state index is 0.00217. The van der Waals surface area contributed by atoms with Crippen molar-refractivity contribution in [3.05, 3.63) is 63.1 Å². The van der Waals surface area contributed by atoms with Crippen LogP contribution in [0.4, 0.5) is 0 Å². The molecule has 106 valence electrons. The van der Waals surface area contributed by atoms with Gasteiger partial charge in [-0.3, -0.25) is 11.3 Å². The van der Waals surface area contributed by atoms with Crippen LogP contribution < -0.4 is 16.0 Å². The highest BCUT2D eigenvalue weighted by atomic mass is 79.9. The Kier molecular flexibility index (Phi) is 5.43. The predicted molar refractivity (Wildman–Crippen MR) is 85.9 cm³/mol. The summed E-state index contributed by atoms with van der Waals surface area (Å²) in [6.07, 6.45) is 0.786. The topological polar surface area (TPSA) is 47.3 Å². The Balaban J connectivity index is 2.21. The van der Waals surface area contributed by atoms with Gasteiger partial charge in [-0.25, -0.2) is 0 Å². The van der Waals surface area contributed by atoms with Gasteiger partial charge in [-0.05, 0) is 41.8 Å². The Morgan fingerprint density at radius 1 is 1.25 bits per heavy atom. The zero-order valence-electron chi connectivity index (χ0n) is 11.1. The number of halogens is 2. The van der Waals surface area contributed by atoms with Gasteiger partial charge in [-0.2, -0.15) is 0 Å². The molecule has 0 amide bonds. The van der Waals surface area contributed by atoms with E-state index in [1.54, 1.807) is 7.11 Å². The summed E-state index contributed by atoms with van der Waals surface area (Å²) in [6, 6.07) is 13.9. The molecule has 0 bridgehead atoms. The lowest BCUT2D eigenvalue weighted by molar-refractivity contribution is 0.413. The largest absolute Gasteiger partial charge is 0.495 e. The van der Waals surface area contributed by atoms with Crippen LogP contribution in [-0.2, 0) is 6.42 Å². The standard InChI is InChI=1S/C15H16BrClN2O/c1-20-15-9-11(4-7-13(15)17)14(19-18)8-10-2-5-12(16)6-3-10/h2-7,9,14,19H,8,18H2,1H3. The second-order valence-electron chi connectivity index (χ2n) is 4.44. The molecule has 0 aliphatic carbocycles. The summed E-state index contributed by atoms with van der Waals surface area (Å²) in [7, 11) is 1.60. The van der Waals surface area contributed by atoms with Crippen molar-refractivity contribution in [2.75, 3.05) is 7.11 Å². The van der Waals surface area contributed by atoms with Gasteiger partial charge in [0.05, 0.1) is 18.2 Å². The molecule has 3 nitrogen and oxygen atoms in total. The van der Waals surface area contributed by atoms with E-state index in [0.717, 1.165) is 16.5 Å². The number of rotatable bonds is 5. The molecule has 0 aromatic heterocycles. The molecule has 3 N–H and O–H groups in total. The molecule has 2 rings (SSSR count). The van der Waals surface area contributed by atoms with Crippen LogP contribution in [0.25, 0.3) is 0 Å². The van der Waals surface area contributed by atoms with Gasteiger partial charge in [-0.1, -0.05) is 45.7 Å². The number of hydrogen-bond donors (Lipinski definition) is 2. The fraction of sp³-hybridized carbons (Fsp3) is 0.200. The first kappa shape index (κ1) is 15.3. The van der Waals surface area contributed by atoms with Crippen LogP contribution in [-0.4, -0.2) is 7.11 Å². The molecule has 0 saturated carbocycles. The minimum absolute atomic E-state index is 0.00217. The minimum Gasteiger partial charge on any atom is -0.495 e. The number of nitrogens with one attached hydrogen (secondary N) is 1. The predicted octanol–water partition coefficient (Wildman–Crippen LogP) is 3.86. The van der Waals surface area contributed by atoms with Crippen molar-refractivity contribution in [1.82, 2.24) is 5.43 Å². The molecular weight excluding hydrogens is 340 g/mol. The van der Waals surface area contributed by atoms with Crippen LogP contribution in [0.1, 0.15) is 17.2 Å². The molecule has 0 fully saturated rings. The monoisotopic (exact) mass is 354 g/mol. The van der Waals surface area contributed by atoms with Crippen LogP contribution >= 0.6 is 27.5 Å². The third-order valence-electron chi connectivity index (χ3n) is 3.13. The smallest absolute Gasteiger partial charge is 0.137 e. The molecule has 20 heavy (non-hydrogen) atoms. The third-order valence-corrected chi connectivity index (χ3v) is 3.97. The van der Waals surface area contributed by atoms with Crippen LogP contribution in [0, 0.1) is 0 Å². The van der Waals surface area contributed by atoms with E-state index in [1.165, 1.54) is 5.56 Å². The first-order chi connectivity index (χ1) is 9.63. The number of benzene rings is 2. The summed E-state index contributed by atoms with van der Waals surface area (Å²) in [5, 5.41) is 0.593. The summed E-state index contributed by atoms with van der Waals surface area (Å²) in [5.41, 5.74) is 5.08. The van der Waals surface area contributed by atoms with E-state index >= 15 is 0 Å². The van der Waals surface area contributed by atoms with Gasteiger partial charge in [0.1, 0.15) is 5.75 Å². The quantitative estimate of drug-likeness (QED) is 0.632. The van der Waals surface area contributed by atoms with Crippen molar-refractivity contribution in [2.24, 2.45) is 5.84 Å². The number of nitrogens with two attached hydrogens (primary N) is 1. The highest BCUT2D eigenvalue weighted by Gasteiger charge is 2.13. The number of hydrogen-bond acceptors (Lipinski definition) is 3. The molecule has 0 radical (unpaired) electrons. The summed E-state index contributed by atoms with van der Waals surface area (Å²) in [5.74, 6) is 6.33. The average Bonchev–Trinajstić information content (AvgIpc) is 2.47. The number of methoxy groups -OCH3 is 1. The maximum atomic E-state index is 6.04. The van der Waals surface area contributed by atoms with Gasteiger partial charge in [-0.15, -0.1) is 0 Å². The third kappa shape index (κ3) is 3.73. The fourth-order valence-corrected chi connectivity index (χ4v) is 2.48. The summed E-state index contributed by atoms with van der Waals surface area (Å²) >= 11 is 9.47. The molecule has 0 aliphatic rings. The number of hydrazine groups is 1. The molecule has 0 aliphatic heterocycles. The second kappa shape index (κ2) is 7.09. The molecule has 0 saturated heterocycles. The van der Waals surface area contributed by atoms with Gasteiger partial charge >= 0.3 is 0 Å². The molecule has 2 aromatic rings. The van der Waals surface area contributed by atoms with E-state index < -0.39 is 0 Å². The second-order valence-corrected chi connectivity index (χ2v) is 5.77. The van der Waals surface area contributed by atoms with Crippen LogP contribution in [0.3, 0.4) is 0 Å². The Morgan fingerprint density at radius 2 is 1.95 bits per heavy atom. The van der Waals surface area contributed by atoms with E-state index in [0.29, 0.717) is 10.8 Å². The summed E-state index contributed by atoms with van der Waals surface area (Å²) < 4.78 is 6.30. The molecule has 1 atom stereocenters. The van der Waals surface area contributed by atoms with E-state index in [4.69, 9.17) is 22.2 Å². The van der Waals surface area contributed by atoms with Crippen molar-refractivity contribution in [2.45, 2.75) is 12.5 Å². The van der Waals surface area contributed by atoms with E-state index in [1.807, 2.05) is 30.3 Å². The number of ether oxygens (including phenoxy) is 1. The maximum Gasteiger partial charge on any atom is 0.137 e. The lowest BCUT2D eigenvalue weighted by Gasteiger charge is -2.17. The van der Waals surface area contributed by atoms with E-state index in [-0.39, 0.29) is 6.04 Å². The highest BCUT2D eigenvalue weighted by Crippen LogP contribution is 2.29. The molecule has 5 heteroatoms. The molecule has 0 spiro atoms. The summed E-state index contributed by atoms with van der Waals surface area (Å²) in [6.45, 7) is 0. The molecule has 2 aromatic carbocycles. The summed E-state index contributed by atoms with van der Waals surface area (Å²) in [4.78, 5) is 0. The van der Waals surface area contributed by atoms with Crippen LogP contribution in [0.2, 0.25) is 5.02 Å². The van der Waals surface area contributed by atoms with Gasteiger partial charge in [0.25, 0.3) is 0 Å². The Bertz CT molecular complexity index is 575. The SMILES string of the molecule is COc1cc(C(Cc2ccc(Br)cc2)NN)ccc1Cl. The molecule has 0 heterocycles. The first-order valence-electron chi connectivity index (χ1n) is 6.18. The van der Waals surface area contributed by atoms with Gasteiger partial charge in [0.15, 0.2) is 0 Å². The Morgan fingerprint density at radius 3 is 2.55 bits per heavy atom. The van der Waals surface area contributed by atoms with Crippen molar-refractivity contribution in [1.29, 1.82) is 0 Å². The fourth-order valence-electron chi connectivity index (χ4n) is 2.02.